The molecular weight excluding hydrogens is 246 g/mol. The fourth-order valence-corrected chi connectivity index (χ4v) is 2.10. The average Bonchev–Trinajstić information content (AvgIpc) is 2.36. The van der Waals surface area contributed by atoms with Crippen molar-refractivity contribution in [2.75, 3.05) is 24.6 Å². The monoisotopic (exact) mass is 263 g/mol. The largest absolute Gasteiger partial charge is 0.397 e. The van der Waals surface area contributed by atoms with Gasteiger partial charge < -0.3 is 21.7 Å². The molecule has 0 saturated carbocycles. The summed E-state index contributed by atoms with van der Waals surface area (Å²) in [4.78, 5) is 28.4. The number of piperidine rings is 1. The Balaban J connectivity index is 2.09. The van der Waals surface area contributed by atoms with Crippen molar-refractivity contribution in [3.63, 3.8) is 0 Å². The predicted molar refractivity (Wildman–Crippen MR) is 71.4 cm³/mol. The first-order valence-corrected chi connectivity index (χ1v) is 6.03. The molecule has 19 heavy (non-hydrogen) atoms. The van der Waals surface area contributed by atoms with Crippen molar-refractivity contribution in [1.82, 2.24) is 9.88 Å². The average molecular weight is 263 g/mol. The number of carbonyl (C=O) groups excluding carboxylic acids is 2. The number of aromatic nitrogens is 1. The first-order chi connectivity index (χ1) is 8.97. The second-order valence-electron chi connectivity index (χ2n) is 4.68. The molecule has 0 aromatic carbocycles. The molecule has 5 N–H and O–H groups in total. The van der Waals surface area contributed by atoms with Gasteiger partial charge in [-0.15, -0.1) is 0 Å². The Hall–Kier alpha value is -2.31. The van der Waals surface area contributed by atoms with Crippen molar-refractivity contribution in [2.45, 2.75) is 18.9 Å². The normalized spacial score (nSPS) is 19.3. The van der Waals surface area contributed by atoms with Crippen molar-refractivity contribution in [1.29, 1.82) is 0 Å². The lowest BCUT2D eigenvalue weighted by molar-refractivity contribution is -0.132. The van der Waals surface area contributed by atoms with Crippen LogP contribution in [0.2, 0.25) is 0 Å². The molecule has 1 atom stereocenters. The fraction of sp³-hybridized carbons (Fsp3) is 0.417. The van der Waals surface area contributed by atoms with Gasteiger partial charge in [-0.1, -0.05) is 0 Å². The van der Waals surface area contributed by atoms with E-state index in [-0.39, 0.29) is 23.2 Å². The Morgan fingerprint density at radius 2 is 2.32 bits per heavy atom. The zero-order chi connectivity index (χ0) is 14.0. The first-order valence-electron chi connectivity index (χ1n) is 6.03. The van der Waals surface area contributed by atoms with Crippen LogP contribution < -0.4 is 16.8 Å². The number of likely N-dealkylation sites (tertiary alicyclic amines) is 1. The van der Waals surface area contributed by atoms with Crippen LogP contribution in [0.3, 0.4) is 0 Å². The molecule has 1 aliphatic heterocycles. The maximum absolute atomic E-state index is 11.4. The minimum absolute atomic E-state index is 0.111. The number of anilines is 2. The molecule has 1 aromatic rings. The first kappa shape index (κ1) is 13.1. The van der Waals surface area contributed by atoms with Crippen LogP contribution >= 0.6 is 0 Å². The number of amides is 2. The van der Waals surface area contributed by atoms with Gasteiger partial charge in [0.2, 0.25) is 5.91 Å². The van der Waals surface area contributed by atoms with Crippen LogP contribution in [0.1, 0.15) is 23.2 Å². The second-order valence-corrected chi connectivity index (χ2v) is 4.68. The van der Waals surface area contributed by atoms with E-state index < -0.39 is 5.91 Å². The summed E-state index contributed by atoms with van der Waals surface area (Å²) < 4.78 is 0. The number of nitrogen functional groups attached to an aromatic ring is 1. The van der Waals surface area contributed by atoms with Gasteiger partial charge >= 0.3 is 0 Å². The standard InChI is InChI=1S/C12H17N5O2/c1-17-6-7(2-3-11(17)18)16-10-4-8(12(14)19)9(13)5-15-10/h4-5,7H,2-3,6,13H2,1H3,(H2,14,19)(H,15,16). The molecule has 1 aliphatic rings. The summed E-state index contributed by atoms with van der Waals surface area (Å²) in [7, 11) is 1.77. The van der Waals surface area contributed by atoms with Crippen molar-refractivity contribution in [3.05, 3.63) is 17.8 Å². The maximum atomic E-state index is 11.4. The Bertz CT molecular complexity index is 517. The molecule has 2 heterocycles. The molecule has 1 aromatic heterocycles. The van der Waals surface area contributed by atoms with Gasteiger partial charge in [0.25, 0.3) is 5.91 Å². The quantitative estimate of drug-likeness (QED) is 0.698. The molecule has 7 nitrogen and oxygen atoms in total. The molecular formula is C12H17N5O2. The van der Waals surface area contributed by atoms with Gasteiger partial charge in [0.05, 0.1) is 17.4 Å². The van der Waals surface area contributed by atoms with Crippen LogP contribution in [-0.2, 0) is 4.79 Å². The molecule has 0 bridgehead atoms. The van der Waals surface area contributed by atoms with Crippen LogP contribution in [-0.4, -0.2) is 41.3 Å². The van der Waals surface area contributed by atoms with Crippen molar-refractivity contribution < 1.29 is 9.59 Å². The predicted octanol–water partition coefficient (Wildman–Crippen LogP) is -0.205. The van der Waals surface area contributed by atoms with Gasteiger partial charge in [0.1, 0.15) is 5.82 Å². The zero-order valence-corrected chi connectivity index (χ0v) is 10.7. The van der Waals surface area contributed by atoms with Crippen LogP contribution in [0.15, 0.2) is 12.3 Å². The Labute approximate surface area is 111 Å². The molecule has 2 amide bonds. The van der Waals surface area contributed by atoms with Gasteiger partial charge in [-0.3, -0.25) is 9.59 Å². The van der Waals surface area contributed by atoms with E-state index in [1.165, 1.54) is 12.3 Å². The van der Waals surface area contributed by atoms with Gasteiger partial charge in [-0.25, -0.2) is 4.98 Å². The summed E-state index contributed by atoms with van der Waals surface area (Å²) in [5.74, 6) is 0.0933. The number of rotatable bonds is 3. The number of nitrogens with two attached hydrogens (primary N) is 2. The number of likely N-dealkylation sites (N-methyl/N-ethyl adjacent to an activating group) is 1. The van der Waals surface area contributed by atoms with Crippen LogP contribution in [0.25, 0.3) is 0 Å². The molecule has 0 aliphatic carbocycles. The lowest BCUT2D eigenvalue weighted by Gasteiger charge is -2.30. The lowest BCUT2D eigenvalue weighted by Crippen LogP contribution is -2.43. The summed E-state index contributed by atoms with van der Waals surface area (Å²) in [6.45, 7) is 0.608. The van der Waals surface area contributed by atoms with Gasteiger partial charge in [-0.05, 0) is 12.5 Å². The van der Waals surface area contributed by atoms with E-state index in [0.717, 1.165) is 6.42 Å². The van der Waals surface area contributed by atoms with E-state index in [2.05, 4.69) is 10.3 Å². The molecule has 102 valence electrons. The van der Waals surface area contributed by atoms with E-state index in [1.807, 2.05) is 0 Å². The zero-order valence-electron chi connectivity index (χ0n) is 10.7. The van der Waals surface area contributed by atoms with E-state index in [9.17, 15) is 9.59 Å². The molecule has 1 unspecified atom stereocenters. The molecule has 0 spiro atoms. The minimum atomic E-state index is -0.584. The third kappa shape index (κ3) is 2.93. The summed E-state index contributed by atoms with van der Waals surface area (Å²) in [6, 6.07) is 1.65. The molecule has 0 radical (unpaired) electrons. The smallest absolute Gasteiger partial charge is 0.250 e. The minimum Gasteiger partial charge on any atom is -0.397 e. The van der Waals surface area contributed by atoms with Crippen molar-refractivity contribution in [2.24, 2.45) is 5.73 Å². The van der Waals surface area contributed by atoms with Gasteiger partial charge in [0.15, 0.2) is 0 Å². The summed E-state index contributed by atoms with van der Waals surface area (Å²) >= 11 is 0. The number of primary amides is 1. The molecule has 1 saturated heterocycles. The number of nitrogens with zero attached hydrogens (tertiary/aromatic N) is 2. The van der Waals surface area contributed by atoms with Gasteiger partial charge in [-0.2, -0.15) is 0 Å². The van der Waals surface area contributed by atoms with Crippen LogP contribution in [0.5, 0.6) is 0 Å². The molecule has 1 fully saturated rings. The summed E-state index contributed by atoms with van der Waals surface area (Å²) in [5.41, 5.74) is 11.4. The highest BCUT2D eigenvalue weighted by Crippen LogP contribution is 2.18. The number of carbonyl (C=O) groups is 2. The topological polar surface area (TPSA) is 114 Å². The highest BCUT2D eigenvalue weighted by atomic mass is 16.2. The summed E-state index contributed by atoms with van der Waals surface area (Å²) in [6.07, 6.45) is 2.65. The number of nitrogens with one attached hydrogen (secondary N) is 1. The van der Waals surface area contributed by atoms with Crippen molar-refractivity contribution >= 4 is 23.3 Å². The van der Waals surface area contributed by atoms with E-state index in [1.54, 1.807) is 11.9 Å². The maximum Gasteiger partial charge on any atom is 0.250 e. The van der Waals surface area contributed by atoms with Gasteiger partial charge in [0, 0.05) is 26.1 Å². The van der Waals surface area contributed by atoms with E-state index in [4.69, 9.17) is 11.5 Å². The number of pyridine rings is 1. The Morgan fingerprint density at radius 1 is 1.58 bits per heavy atom. The van der Waals surface area contributed by atoms with Crippen molar-refractivity contribution in [3.8, 4) is 0 Å². The molecule has 2 rings (SSSR count). The highest BCUT2D eigenvalue weighted by Gasteiger charge is 2.23. The second kappa shape index (κ2) is 5.13. The van der Waals surface area contributed by atoms with Crippen LogP contribution in [0, 0.1) is 0 Å². The Kier molecular flexibility index (Phi) is 3.55. The number of hydrogen-bond acceptors (Lipinski definition) is 5. The Morgan fingerprint density at radius 3 is 2.95 bits per heavy atom. The van der Waals surface area contributed by atoms with E-state index >= 15 is 0 Å². The summed E-state index contributed by atoms with van der Waals surface area (Å²) in [5, 5.41) is 3.19. The third-order valence-corrected chi connectivity index (χ3v) is 3.18. The van der Waals surface area contributed by atoms with E-state index in [0.29, 0.717) is 18.8 Å². The molecule has 7 heteroatoms. The third-order valence-electron chi connectivity index (χ3n) is 3.18. The lowest BCUT2D eigenvalue weighted by atomic mass is 10.1. The fourth-order valence-electron chi connectivity index (χ4n) is 2.10. The SMILES string of the molecule is CN1CC(Nc2cc(C(N)=O)c(N)cn2)CCC1=O. The highest BCUT2D eigenvalue weighted by molar-refractivity contribution is 5.98. The van der Waals surface area contributed by atoms with Crippen LogP contribution in [0.4, 0.5) is 11.5 Å². The number of hydrogen-bond donors (Lipinski definition) is 3.